The lowest BCUT2D eigenvalue weighted by molar-refractivity contribution is -0.127. The minimum atomic E-state index is -3.68. The second-order valence-corrected chi connectivity index (χ2v) is 12.2. The second-order valence-electron chi connectivity index (χ2n) is 9.17. The fourth-order valence-corrected chi connectivity index (χ4v) is 6.60. The summed E-state index contributed by atoms with van der Waals surface area (Å²) in [6.45, 7) is 6.60. The monoisotopic (exact) mass is 466 g/mol. The van der Waals surface area contributed by atoms with Crippen molar-refractivity contribution in [2.24, 2.45) is 5.92 Å². The van der Waals surface area contributed by atoms with Gasteiger partial charge in [-0.1, -0.05) is 18.5 Å². The number of piperidine rings is 1. The number of thiophene rings is 1. The SMILES string of the molecule is CCC(C)(C)NC(=O)[C@@H]1CCCN(S(=O)(=O)c2cc(-c3noc(C4CCC4)n3)cs2)C1. The van der Waals surface area contributed by atoms with Crippen LogP contribution >= 0.6 is 11.3 Å². The molecule has 1 aliphatic carbocycles. The number of carbonyl (C=O) groups excluding carboxylic acids is 1. The van der Waals surface area contributed by atoms with Gasteiger partial charge in [-0.2, -0.15) is 9.29 Å². The molecule has 2 fully saturated rings. The summed E-state index contributed by atoms with van der Waals surface area (Å²) in [5.41, 5.74) is 0.345. The molecule has 2 aromatic heterocycles. The molecule has 170 valence electrons. The molecule has 0 radical (unpaired) electrons. The molecule has 0 aromatic carbocycles. The summed E-state index contributed by atoms with van der Waals surface area (Å²) < 4.78 is 33.5. The van der Waals surface area contributed by atoms with Gasteiger partial charge in [0.1, 0.15) is 4.21 Å². The Balaban J connectivity index is 1.47. The Morgan fingerprint density at radius 3 is 2.77 bits per heavy atom. The van der Waals surface area contributed by atoms with E-state index in [0.717, 1.165) is 30.6 Å². The zero-order valence-corrected chi connectivity index (χ0v) is 19.9. The molecule has 2 aliphatic rings. The highest BCUT2D eigenvalue weighted by Crippen LogP contribution is 2.37. The van der Waals surface area contributed by atoms with Crippen LogP contribution in [0.5, 0.6) is 0 Å². The van der Waals surface area contributed by atoms with E-state index in [-0.39, 0.29) is 28.1 Å². The highest BCUT2D eigenvalue weighted by atomic mass is 32.2. The summed E-state index contributed by atoms with van der Waals surface area (Å²) in [6.07, 6.45) is 5.46. The molecule has 1 N–H and O–H groups in total. The van der Waals surface area contributed by atoms with Crippen molar-refractivity contribution in [3.8, 4) is 11.4 Å². The number of aromatic nitrogens is 2. The zero-order chi connectivity index (χ0) is 22.2. The van der Waals surface area contributed by atoms with Crippen LogP contribution in [-0.2, 0) is 14.8 Å². The maximum Gasteiger partial charge on any atom is 0.252 e. The van der Waals surface area contributed by atoms with Crippen LogP contribution in [0.1, 0.15) is 71.1 Å². The van der Waals surface area contributed by atoms with Gasteiger partial charge in [0.2, 0.25) is 17.6 Å². The molecule has 1 saturated carbocycles. The minimum absolute atomic E-state index is 0.0751. The van der Waals surface area contributed by atoms with Crippen LogP contribution in [0.2, 0.25) is 0 Å². The molecule has 1 amide bonds. The minimum Gasteiger partial charge on any atom is -0.351 e. The van der Waals surface area contributed by atoms with Gasteiger partial charge < -0.3 is 9.84 Å². The van der Waals surface area contributed by atoms with E-state index in [4.69, 9.17) is 4.52 Å². The highest BCUT2D eigenvalue weighted by Gasteiger charge is 2.35. The lowest BCUT2D eigenvalue weighted by Crippen LogP contribution is -2.50. The van der Waals surface area contributed by atoms with Crippen molar-refractivity contribution in [3.05, 3.63) is 17.3 Å². The van der Waals surface area contributed by atoms with Crippen LogP contribution in [0.4, 0.5) is 0 Å². The van der Waals surface area contributed by atoms with E-state index in [1.807, 2.05) is 20.8 Å². The van der Waals surface area contributed by atoms with E-state index in [2.05, 4.69) is 15.5 Å². The first-order valence-corrected chi connectivity index (χ1v) is 13.3. The molecular formula is C21H30N4O4S2. The Hall–Kier alpha value is -1.78. The number of hydrogen-bond donors (Lipinski definition) is 1. The standard InChI is InChI=1S/C21H30N4O4S2/c1-4-21(2,3)23-19(26)15-9-6-10-25(12-15)31(27,28)17-11-16(13-30-17)18-22-20(29-24-18)14-7-5-8-14/h11,13-15H,4-10,12H2,1-3H3,(H,23,26)/t15-/m1/s1. The van der Waals surface area contributed by atoms with Crippen LogP contribution in [0, 0.1) is 5.92 Å². The fourth-order valence-electron chi connectivity index (χ4n) is 3.77. The molecule has 0 spiro atoms. The van der Waals surface area contributed by atoms with Gasteiger partial charge in [-0.05, 0) is 52.0 Å². The number of nitrogens with zero attached hydrogens (tertiary/aromatic N) is 3. The molecule has 3 heterocycles. The Kier molecular flexibility index (Phi) is 6.24. The average molecular weight is 467 g/mol. The summed E-state index contributed by atoms with van der Waals surface area (Å²) in [5, 5.41) is 8.83. The Labute approximate surface area is 187 Å². The van der Waals surface area contributed by atoms with Crippen molar-refractivity contribution in [1.29, 1.82) is 0 Å². The van der Waals surface area contributed by atoms with Gasteiger partial charge >= 0.3 is 0 Å². The predicted octanol–water partition coefficient (Wildman–Crippen LogP) is 3.77. The zero-order valence-electron chi connectivity index (χ0n) is 18.3. The van der Waals surface area contributed by atoms with Crippen molar-refractivity contribution >= 4 is 27.3 Å². The van der Waals surface area contributed by atoms with Crippen molar-refractivity contribution < 1.29 is 17.7 Å². The normalized spacial score (nSPS) is 21.1. The maximum atomic E-state index is 13.3. The number of hydrogen-bond acceptors (Lipinski definition) is 7. The van der Waals surface area contributed by atoms with Gasteiger partial charge in [0, 0.05) is 35.5 Å². The van der Waals surface area contributed by atoms with Gasteiger partial charge in [-0.3, -0.25) is 4.79 Å². The van der Waals surface area contributed by atoms with E-state index >= 15 is 0 Å². The third kappa shape index (κ3) is 4.70. The molecule has 31 heavy (non-hydrogen) atoms. The predicted molar refractivity (Wildman–Crippen MR) is 118 cm³/mol. The van der Waals surface area contributed by atoms with Crippen LogP contribution in [-0.4, -0.2) is 47.4 Å². The first kappa shape index (κ1) is 22.4. The maximum absolute atomic E-state index is 13.3. The van der Waals surface area contributed by atoms with Gasteiger partial charge in [0.25, 0.3) is 10.0 Å². The van der Waals surface area contributed by atoms with E-state index < -0.39 is 10.0 Å². The van der Waals surface area contributed by atoms with Crippen LogP contribution < -0.4 is 5.32 Å². The fraction of sp³-hybridized carbons (Fsp3) is 0.667. The topological polar surface area (TPSA) is 105 Å². The first-order chi connectivity index (χ1) is 14.7. The van der Waals surface area contributed by atoms with Crippen molar-refractivity contribution in [2.45, 2.75) is 75.0 Å². The van der Waals surface area contributed by atoms with Gasteiger partial charge in [0.15, 0.2) is 0 Å². The molecular weight excluding hydrogens is 436 g/mol. The Morgan fingerprint density at radius 1 is 1.32 bits per heavy atom. The van der Waals surface area contributed by atoms with Crippen molar-refractivity contribution in [3.63, 3.8) is 0 Å². The van der Waals surface area contributed by atoms with Gasteiger partial charge in [-0.25, -0.2) is 8.42 Å². The molecule has 10 heteroatoms. The lowest BCUT2D eigenvalue weighted by atomic mass is 9.85. The molecule has 1 aliphatic heterocycles. The van der Waals surface area contributed by atoms with E-state index in [1.54, 1.807) is 11.4 Å². The molecule has 1 atom stereocenters. The number of nitrogens with one attached hydrogen (secondary N) is 1. The first-order valence-electron chi connectivity index (χ1n) is 10.9. The summed E-state index contributed by atoms with van der Waals surface area (Å²) in [4.78, 5) is 17.2. The summed E-state index contributed by atoms with van der Waals surface area (Å²) >= 11 is 1.15. The van der Waals surface area contributed by atoms with Crippen molar-refractivity contribution in [1.82, 2.24) is 19.8 Å². The van der Waals surface area contributed by atoms with Crippen LogP contribution in [0.3, 0.4) is 0 Å². The van der Waals surface area contributed by atoms with Gasteiger partial charge in [-0.15, -0.1) is 11.3 Å². The summed E-state index contributed by atoms with van der Waals surface area (Å²) in [5.74, 6) is 0.983. The van der Waals surface area contributed by atoms with Crippen LogP contribution in [0.15, 0.2) is 20.2 Å². The molecule has 0 unspecified atom stereocenters. The highest BCUT2D eigenvalue weighted by molar-refractivity contribution is 7.91. The number of carbonyl (C=O) groups is 1. The van der Waals surface area contributed by atoms with E-state index in [1.165, 1.54) is 10.7 Å². The number of amides is 1. The molecule has 4 rings (SSSR count). The third-order valence-electron chi connectivity index (χ3n) is 6.42. The van der Waals surface area contributed by atoms with E-state index in [0.29, 0.717) is 42.6 Å². The van der Waals surface area contributed by atoms with E-state index in [9.17, 15) is 13.2 Å². The Morgan fingerprint density at radius 2 is 2.10 bits per heavy atom. The molecule has 0 bridgehead atoms. The largest absolute Gasteiger partial charge is 0.351 e. The lowest BCUT2D eigenvalue weighted by Gasteiger charge is -2.33. The molecule has 8 nitrogen and oxygen atoms in total. The average Bonchev–Trinajstić information content (AvgIpc) is 3.36. The van der Waals surface area contributed by atoms with Gasteiger partial charge in [0.05, 0.1) is 5.92 Å². The number of sulfonamides is 1. The smallest absolute Gasteiger partial charge is 0.252 e. The summed E-state index contributed by atoms with van der Waals surface area (Å²) in [7, 11) is -3.68. The molecule has 1 saturated heterocycles. The van der Waals surface area contributed by atoms with Crippen molar-refractivity contribution in [2.75, 3.05) is 13.1 Å². The molecule has 2 aromatic rings. The van der Waals surface area contributed by atoms with Crippen LogP contribution in [0.25, 0.3) is 11.4 Å². The second kappa shape index (κ2) is 8.63. The third-order valence-corrected chi connectivity index (χ3v) is 9.70. The summed E-state index contributed by atoms with van der Waals surface area (Å²) in [6, 6.07) is 1.61. The quantitative estimate of drug-likeness (QED) is 0.666. The Bertz CT molecular complexity index is 1040. The number of rotatable bonds is 7.